The molecule has 0 saturated carbocycles. The fraction of sp³-hybridized carbons (Fsp3) is 0.455. The molecule has 0 radical (unpaired) electrons. The van der Waals surface area contributed by atoms with Gasteiger partial charge in [0.25, 0.3) is 0 Å². The van der Waals surface area contributed by atoms with Crippen LogP contribution in [0.5, 0.6) is 0 Å². The van der Waals surface area contributed by atoms with Crippen molar-refractivity contribution in [2.75, 3.05) is 0 Å². The molecule has 0 amide bonds. The molecule has 0 rings (SSSR count). The van der Waals surface area contributed by atoms with Gasteiger partial charge in [0.2, 0.25) is 0 Å². The number of carbonyl (C=O) groups excluding carboxylic acids is 1. The topological polar surface area (TPSA) is 63.6 Å². The predicted octanol–water partition coefficient (Wildman–Crippen LogP) is 4.03. The van der Waals surface area contributed by atoms with E-state index in [1.807, 2.05) is 0 Å². The molecular formula is C11H7F11O4. The average Bonchev–Trinajstić information content (AvgIpc) is 2.45. The first kappa shape index (κ1) is 25.9. The Balaban J connectivity index is 0. The Morgan fingerprint density at radius 3 is 1.31 bits per heavy atom. The zero-order valence-electron chi connectivity index (χ0n) is 11.9. The number of ether oxygens (including phenoxy) is 1. The van der Waals surface area contributed by atoms with Crippen LogP contribution in [0.25, 0.3) is 0 Å². The van der Waals surface area contributed by atoms with Crippen LogP contribution in [0.4, 0.5) is 48.3 Å². The van der Waals surface area contributed by atoms with Crippen LogP contribution in [-0.2, 0) is 14.3 Å². The van der Waals surface area contributed by atoms with Gasteiger partial charge < -0.3 is 9.84 Å². The zero-order chi connectivity index (χ0) is 21.8. The second-order valence-corrected chi connectivity index (χ2v) is 3.91. The normalized spacial score (nSPS) is 13.2. The smallest absolute Gasteiger partial charge is 0.473 e. The van der Waals surface area contributed by atoms with Gasteiger partial charge in [0, 0.05) is 12.2 Å². The number of carbonyl (C=O) groups is 2. The maximum atomic E-state index is 12.7. The van der Waals surface area contributed by atoms with Crippen LogP contribution < -0.4 is 0 Å². The molecule has 15 heteroatoms. The molecule has 0 aliphatic carbocycles. The van der Waals surface area contributed by atoms with Gasteiger partial charge in [-0.2, -0.15) is 48.3 Å². The van der Waals surface area contributed by atoms with E-state index in [1.54, 1.807) is 0 Å². The summed E-state index contributed by atoms with van der Waals surface area (Å²) in [7, 11) is 0. The number of alkyl halides is 11. The van der Waals surface area contributed by atoms with Gasteiger partial charge in [-0.25, -0.2) is 9.59 Å². The Labute approximate surface area is 136 Å². The lowest BCUT2D eigenvalue weighted by molar-refractivity contribution is -0.449. The molecule has 0 fully saturated rings. The Bertz CT molecular complexity index is 551. The van der Waals surface area contributed by atoms with Crippen molar-refractivity contribution in [2.24, 2.45) is 0 Å². The second kappa shape index (κ2) is 7.90. The fourth-order valence-corrected chi connectivity index (χ4v) is 0.790. The Hall–Kier alpha value is -2.35. The molecule has 152 valence electrons. The number of carboxylic acid groups (broad SMARTS) is 1. The van der Waals surface area contributed by atoms with Crippen LogP contribution in [0.3, 0.4) is 0 Å². The number of hydrogen-bond donors (Lipinski definition) is 1. The van der Waals surface area contributed by atoms with Crippen LogP contribution in [-0.4, -0.2) is 47.1 Å². The van der Waals surface area contributed by atoms with Crippen LogP contribution >= 0.6 is 0 Å². The Morgan fingerprint density at radius 1 is 0.731 bits per heavy atom. The largest absolute Gasteiger partial charge is 0.478 e. The first-order valence-electron chi connectivity index (χ1n) is 5.51. The summed E-state index contributed by atoms with van der Waals surface area (Å²) in [6.07, 6.45) is -13.3. The van der Waals surface area contributed by atoms with Crippen molar-refractivity contribution in [3.05, 3.63) is 25.3 Å². The predicted molar refractivity (Wildman–Crippen MR) is 60.0 cm³/mol. The molecule has 0 aliphatic heterocycles. The fourth-order valence-electron chi connectivity index (χ4n) is 0.790. The number of hydrogen-bond acceptors (Lipinski definition) is 3. The van der Waals surface area contributed by atoms with E-state index in [1.165, 1.54) is 0 Å². The molecule has 26 heavy (non-hydrogen) atoms. The number of carboxylic acids is 1. The molecule has 1 N–H and O–H groups in total. The second-order valence-electron chi connectivity index (χ2n) is 3.91. The number of halogens is 11. The van der Waals surface area contributed by atoms with Gasteiger partial charge in [0.05, 0.1) is 0 Å². The third-order valence-electron chi connectivity index (χ3n) is 2.08. The van der Waals surface area contributed by atoms with Crippen molar-refractivity contribution in [1.82, 2.24) is 0 Å². The molecular weight excluding hydrogens is 405 g/mol. The van der Waals surface area contributed by atoms with Crippen LogP contribution in [0.2, 0.25) is 0 Å². The minimum absolute atomic E-state index is 0.232. The highest BCUT2D eigenvalue weighted by molar-refractivity contribution is 5.81. The molecule has 0 aliphatic rings. The first-order chi connectivity index (χ1) is 11.2. The van der Waals surface area contributed by atoms with Crippen molar-refractivity contribution in [3.63, 3.8) is 0 Å². The van der Waals surface area contributed by atoms with Gasteiger partial charge in [-0.15, -0.1) is 0 Å². The summed E-state index contributed by atoms with van der Waals surface area (Å²) in [4.78, 5) is 19.5. The summed E-state index contributed by atoms with van der Waals surface area (Å²) in [6, 6.07) is 0. The van der Waals surface area contributed by atoms with E-state index in [-0.39, 0.29) is 6.08 Å². The van der Waals surface area contributed by atoms with E-state index in [0.717, 1.165) is 6.08 Å². The lowest BCUT2D eigenvalue weighted by atomic mass is 10.0. The van der Waals surface area contributed by atoms with Gasteiger partial charge in [-0.05, 0) is 0 Å². The lowest BCUT2D eigenvalue weighted by Gasteiger charge is -2.36. The summed E-state index contributed by atoms with van der Waals surface area (Å²) >= 11 is 0. The highest BCUT2D eigenvalue weighted by atomic mass is 19.4. The van der Waals surface area contributed by atoms with Crippen molar-refractivity contribution in [3.8, 4) is 0 Å². The molecule has 0 bridgehead atoms. The Kier molecular flexibility index (Phi) is 7.87. The third-order valence-corrected chi connectivity index (χ3v) is 2.08. The van der Waals surface area contributed by atoms with Gasteiger partial charge in [0.15, 0.2) is 0 Å². The molecule has 0 atom stereocenters. The number of aliphatic carboxylic acids is 1. The van der Waals surface area contributed by atoms with E-state index >= 15 is 0 Å². The molecule has 0 aromatic heterocycles. The van der Waals surface area contributed by atoms with Gasteiger partial charge in [-0.3, -0.25) is 0 Å². The number of esters is 1. The van der Waals surface area contributed by atoms with Crippen molar-refractivity contribution in [2.45, 2.75) is 30.1 Å². The van der Waals surface area contributed by atoms with Crippen LogP contribution in [0, 0.1) is 0 Å². The molecule has 4 nitrogen and oxygen atoms in total. The first-order valence-corrected chi connectivity index (χ1v) is 5.51. The maximum Gasteiger partial charge on any atom is 0.473 e. The van der Waals surface area contributed by atoms with E-state index < -0.39 is 42.0 Å². The van der Waals surface area contributed by atoms with E-state index in [4.69, 9.17) is 5.11 Å². The summed E-state index contributed by atoms with van der Waals surface area (Å²) in [5.41, 5.74) is 0. The SMILES string of the molecule is C=CC(=O)O.C=CC(=O)OC(F)(F)C(F)(F)C(F)(F)C(F)(F)C(F)(F)F. The number of rotatable bonds is 6. The maximum absolute atomic E-state index is 12.7. The minimum Gasteiger partial charge on any atom is -0.478 e. The molecule has 0 heterocycles. The van der Waals surface area contributed by atoms with E-state index in [9.17, 15) is 57.9 Å². The van der Waals surface area contributed by atoms with Crippen LogP contribution in [0.15, 0.2) is 25.3 Å². The molecule has 0 aromatic carbocycles. The van der Waals surface area contributed by atoms with Crippen molar-refractivity contribution >= 4 is 11.9 Å². The summed E-state index contributed by atoms with van der Waals surface area (Å²) in [6.45, 7) is 5.37. The highest BCUT2D eigenvalue weighted by Crippen LogP contribution is 2.57. The molecule has 0 aromatic rings. The Morgan fingerprint density at radius 2 is 1.08 bits per heavy atom. The van der Waals surface area contributed by atoms with Gasteiger partial charge >= 0.3 is 42.0 Å². The molecule has 0 unspecified atom stereocenters. The van der Waals surface area contributed by atoms with E-state index in [0.29, 0.717) is 0 Å². The van der Waals surface area contributed by atoms with Gasteiger partial charge in [-0.1, -0.05) is 13.2 Å². The third kappa shape index (κ3) is 5.08. The molecule has 0 saturated heterocycles. The van der Waals surface area contributed by atoms with E-state index in [2.05, 4.69) is 17.9 Å². The summed E-state index contributed by atoms with van der Waals surface area (Å²) in [5, 5.41) is 7.60. The summed E-state index contributed by atoms with van der Waals surface area (Å²) in [5.74, 6) is -25.9. The zero-order valence-corrected chi connectivity index (χ0v) is 11.9. The minimum atomic E-state index is -7.61. The molecule has 0 spiro atoms. The van der Waals surface area contributed by atoms with Crippen molar-refractivity contribution in [1.29, 1.82) is 0 Å². The van der Waals surface area contributed by atoms with Crippen molar-refractivity contribution < 1.29 is 67.7 Å². The monoisotopic (exact) mass is 412 g/mol. The highest BCUT2D eigenvalue weighted by Gasteiger charge is 2.88. The quantitative estimate of drug-likeness (QED) is 0.407. The van der Waals surface area contributed by atoms with Crippen LogP contribution in [0.1, 0.15) is 0 Å². The lowest BCUT2D eigenvalue weighted by Crippen LogP contribution is -2.67. The van der Waals surface area contributed by atoms with Gasteiger partial charge in [0.1, 0.15) is 0 Å². The average molecular weight is 412 g/mol. The standard InChI is InChI=1S/C8H3F11O2.C3H4O2/c1-2-3(20)21-8(18,19)6(13,14)4(9,10)5(11,12)7(15,16)17;1-2-3(4)5/h2H,1H2;2H,1H2,(H,4,5). The summed E-state index contributed by atoms with van der Waals surface area (Å²) < 4.78 is 138.